The van der Waals surface area contributed by atoms with Crippen LogP contribution in [0.25, 0.3) is 0 Å². The summed E-state index contributed by atoms with van der Waals surface area (Å²) in [6.45, 7) is 3.47. The van der Waals surface area contributed by atoms with Crippen molar-refractivity contribution in [3.8, 4) is 0 Å². The molecule has 1 fully saturated rings. The number of rotatable bonds is 5. The summed E-state index contributed by atoms with van der Waals surface area (Å²) >= 11 is 5.39. The van der Waals surface area contributed by atoms with Gasteiger partial charge in [0, 0.05) is 0 Å². The number of fused-ring (bicyclic) bond motifs is 1. The quantitative estimate of drug-likeness (QED) is 0.347. The van der Waals surface area contributed by atoms with Gasteiger partial charge in [0.1, 0.15) is 17.0 Å². The van der Waals surface area contributed by atoms with Crippen molar-refractivity contribution in [3.05, 3.63) is 82.1 Å². The Morgan fingerprint density at radius 1 is 1.12 bits per heavy atom. The fourth-order valence-electron chi connectivity index (χ4n) is 4.80. The molecule has 4 atom stereocenters. The van der Waals surface area contributed by atoms with E-state index in [2.05, 4.69) is 0 Å². The molecule has 2 aromatic rings. The molecule has 2 aliphatic carbocycles. The third-order valence-electron chi connectivity index (χ3n) is 6.70. The van der Waals surface area contributed by atoms with E-state index >= 15 is 0 Å². The second kappa shape index (κ2) is 8.22. The maximum atomic E-state index is 13.2. The first-order valence-corrected chi connectivity index (χ1v) is 10.8. The third kappa shape index (κ3) is 4.42. The summed E-state index contributed by atoms with van der Waals surface area (Å²) in [6, 6.07) is 14.0. The van der Waals surface area contributed by atoms with Crippen LogP contribution in [-0.4, -0.2) is 12.1 Å². The van der Waals surface area contributed by atoms with Gasteiger partial charge in [-0.05, 0) is 58.9 Å². The fraction of sp³-hybridized carbons (Fsp3) is 0.400. The highest BCUT2D eigenvalue weighted by Crippen LogP contribution is 2.61. The average molecular weight is 467 g/mol. The molecule has 0 spiro atoms. The number of carbonyl (C=O) groups is 1. The zero-order valence-corrected chi connectivity index (χ0v) is 18.4. The summed E-state index contributed by atoms with van der Waals surface area (Å²) in [4.78, 5) is 12.9. The summed E-state index contributed by atoms with van der Waals surface area (Å²) in [5, 5.41) is -1.21. The van der Waals surface area contributed by atoms with E-state index in [4.69, 9.17) is 16.3 Å². The summed E-state index contributed by atoms with van der Waals surface area (Å²) in [5.74, 6) is -2.02. The molecule has 32 heavy (non-hydrogen) atoms. The zero-order chi connectivity index (χ0) is 23.3. The number of esters is 1. The topological polar surface area (TPSA) is 26.3 Å². The molecule has 2 aromatic carbocycles. The summed E-state index contributed by atoms with van der Waals surface area (Å²) in [6.07, 6.45) is -2.94. The highest BCUT2D eigenvalue weighted by Gasteiger charge is 2.62. The highest BCUT2D eigenvalue weighted by molar-refractivity contribution is 6.30. The molecule has 0 aliphatic heterocycles. The van der Waals surface area contributed by atoms with Crippen molar-refractivity contribution < 1.29 is 27.1 Å². The van der Waals surface area contributed by atoms with Crippen molar-refractivity contribution in [1.29, 1.82) is 0 Å². The summed E-state index contributed by atoms with van der Waals surface area (Å²) in [7, 11) is 0. The number of carbonyl (C=O) groups excluding carboxylic acids is 1. The van der Waals surface area contributed by atoms with E-state index in [0.717, 1.165) is 22.8 Å². The van der Waals surface area contributed by atoms with Gasteiger partial charge < -0.3 is 4.74 Å². The number of alkyl halides is 3. The van der Waals surface area contributed by atoms with Crippen LogP contribution >= 0.6 is 11.6 Å². The van der Waals surface area contributed by atoms with Crippen LogP contribution in [0.2, 0.25) is 0 Å². The molecule has 0 saturated heterocycles. The van der Waals surface area contributed by atoms with Crippen LogP contribution in [-0.2, 0) is 16.0 Å². The lowest BCUT2D eigenvalue weighted by atomic mass is 9.94. The van der Waals surface area contributed by atoms with Crippen molar-refractivity contribution in [2.24, 2.45) is 17.3 Å². The van der Waals surface area contributed by atoms with Gasteiger partial charge >= 0.3 is 12.1 Å². The Hall–Kier alpha value is -2.34. The highest BCUT2D eigenvalue weighted by atomic mass is 35.5. The van der Waals surface area contributed by atoms with Crippen LogP contribution in [0.3, 0.4) is 0 Å². The Kier molecular flexibility index (Phi) is 5.86. The van der Waals surface area contributed by atoms with Gasteiger partial charge in [-0.15, -0.1) is 0 Å². The summed E-state index contributed by atoms with van der Waals surface area (Å²) in [5.41, 5.74) is 2.30. The molecule has 1 saturated carbocycles. The predicted molar refractivity (Wildman–Crippen MR) is 113 cm³/mol. The minimum atomic E-state index is -4.63. The SMILES string of the molecule is CC1(C)[C@H](C(=O)O[C@H]2C[C@H](Cc3ccc(F)cc3)c3ccccc32)[C@@H]1C=C(Cl)C(F)(F)F. The van der Waals surface area contributed by atoms with Crippen LogP contribution in [0.1, 0.15) is 49.0 Å². The predicted octanol–water partition coefficient (Wildman–Crippen LogP) is 7.10. The van der Waals surface area contributed by atoms with Crippen molar-refractivity contribution >= 4 is 17.6 Å². The number of ether oxygens (including phenoxy) is 1. The van der Waals surface area contributed by atoms with E-state index in [1.54, 1.807) is 26.0 Å². The monoisotopic (exact) mass is 466 g/mol. The van der Waals surface area contributed by atoms with Gasteiger partial charge in [0.15, 0.2) is 0 Å². The molecule has 0 unspecified atom stereocenters. The molecule has 0 heterocycles. The Balaban J connectivity index is 1.49. The van der Waals surface area contributed by atoms with Crippen LogP contribution in [0.5, 0.6) is 0 Å². The first-order valence-electron chi connectivity index (χ1n) is 10.5. The molecular weight excluding hydrogens is 444 g/mol. The van der Waals surface area contributed by atoms with Crippen molar-refractivity contribution in [2.45, 2.75) is 44.9 Å². The second-order valence-corrected chi connectivity index (χ2v) is 9.56. The van der Waals surface area contributed by atoms with Crippen LogP contribution < -0.4 is 0 Å². The summed E-state index contributed by atoms with van der Waals surface area (Å²) < 4.78 is 57.5. The minimum absolute atomic E-state index is 0.0945. The van der Waals surface area contributed by atoms with E-state index in [9.17, 15) is 22.4 Å². The lowest BCUT2D eigenvalue weighted by Gasteiger charge is -2.15. The van der Waals surface area contributed by atoms with Gasteiger partial charge in [-0.1, -0.05) is 67.9 Å². The molecule has 0 aromatic heterocycles. The maximum Gasteiger partial charge on any atom is 0.426 e. The smallest absolute Gasteiger partial charge is 0.426 e. The van der Waals surface area contributed by atoms with Gasteiger partial charge in [0.05, 0.1) is 5.92 Å². The molecule has 2 nitrogen and oxygen atoms in total. The second-order valence-electron chi connectivity index (χ2n) is 9.15. The van der Waals surface area contributed by atoms with Gasteiger partial charge in [-0.25, -0.2) is 4.39 Å². The van der Waals surface area contributed by atoms with E-state index in [1.165, 1.54) is 12.1 Å². The lowest BCUT2D eigenvalue weighted by molar-refractivity contribution is -0.152. The van der Waals surface area contributed by atoms with Gasteiger partial charge in [0.25, 0.3) is 0 Å². The fourth-order valence-corrected chi connectivity index (χ4v) is 4.94. The molecule has 0 amide bonds. The number of benzene rings is 2. The van der Waals surface area contributed by atoms with E-state index in [1.807, 2.05) is 24.3 Å². The molecule has 7 heteroatoms. The maximum absolute atomic E-state index is 13.2. The largest absolute Gasteiger partial charge is 0.457 e. The molecule has 2 aliphatic rings. The van der Waals surface area contributed by atoms with Gasteiger partial charge in [0.2, 0.25) is 0 Å². The standard InChI is InChI=1S/C25H23ClF4O2/c1-24(2)19(13-21(26)25(28,29)30)22(24)23(31)32-20-12-15(17-5-3-4-6-18(17)20)11-14-7-9-16(27)10-8-14/h3-10,13,15,19-20,22H,11-12H2,1-2H3/t15-,19-,20-,22-/m0/s1. The third-order valence-corrected chi connectivity index (χ3v) is 7.04. The molecule has 0 bridgehead atoms. The molecule has 4 rings (SSSR count). The van der Waals surface area contributed by atoms with Gasteiger partial charge in [-0.3, -0.25) is 4.79 Å². The number of hydrogen-bond acceptors (Lipinski definition) is 2. The van der Waals surface area contributed by atoms with Crippen molar-refractivity contribution in [1.82, 2.24) is 0 Å². The number of halogens is 5. The lowest BCUT2D eigenvalue weighted by Crippen LogP contribution is -2.14. The van der Waals surface area contributed by atoms with Crippen LogP contribution in [0.4, 0.5) is 17.6 Å². The Morgan fingerprint density at radius 3 is 2.38 bits per heavy atom. The number of allylic oxidation sites excluding steroid dienone is 2. The minimum Gasteiger partial charge on any atom is -0.457 e. The molecule has 170 valence electrons. The first-order chi connectivity index (χ1) is 15.0. The van der Waals surface area contributed by atoms with Crippen LogP contribution in [0, 0.1) is 23.1 Å². The van der Waals surface area contributed by atoms with Crippen LogP contribution in [0.15, 0.2) is 59.6 Å². The zero-order valence-electron chi connectivity index (χ0n) is 17.6. The molecule has 0 radical (unpaired) electrons. The normalized spacial score (nSPS) is 26.5. The molecule has 0 N–H and O–H groups in total. The average Bonchev–Trinajstić information content (AvgIpc) is 3.09. The first kappa shape index (κ1) is 22.8. The van der Waals surface area contributed by atoms with Crippen molar-refractivity contribution in [3.63, 3.8) is 0 Å². The van der Waals surface area contributed by atoms with E-state index in [-0.39, 0.29) is 11.7 Å². The van der Waals surface area contributed by atoms with E-state index < -0.39 is 40.5 Å². The Morgan fingerprint density at radius 2 is 1.75 bits per heavy atom. The Bertz CT molecular complexity index is 1040. The number of hydrogen-bond donors (Lipinski definition) is 0. The Labute approximate surface area is 189 Å². The van der Waals surface area contributed by atoms with Gasteiger partial charge in [-0.2, -0.15) is 13.2 Å². The van der Waals surface area contributed by atoms with E-state index in [0.29, 0.717) is 12.8 Å². The van der Waals surface area contributed by atoms with Crippen molar-refractivity contribution in [2.75, 3.05) is 0 Å². The molecular formula is C25H23ClF4O2.